The van der Waals surface area contributed by atoms with Crippen LogP contribution in [0.3, 0.4) is 0 Å². The van der Waals surface area contributed by atoms with E-state index in [0.717, 1.165) is 33.8 Å². The molecule has 0 atom stereocenters. The Morgan fingerprint density at radius 2 is 1.83 bits per heavy atom. The van der Waals surface area contributed by atoms with Gasteiger partial charge in [0, 0.05) is 19.2 Å². The summed E-state index contributed by atoms with van der Waals surface area (Å²) in [6.07, 6.45) is 0. The second-order valence-electron chi connectivity index (χ2n) is 4.49. The van der Waals surface area contributed by atoms with E-state index in [1.807, 2.05) is 17.8 Å². The Kier molecular flexibility index (Phi) is 3.39. The van der Waals surface area contributed by atoms with Crippen LogP contribution >= 0.6 is 0 Å². The molecule has 0 unspecified atom stereocenters. The minimum Gasteiger partial charge on any atom is -0.496 e. The maximum Gasteiger partial charge on any atom is 0.124 e. The molecule has 96 valence electrons. The third kappa shape index (κ3) is 2.11. The number of ether oxygens (including phenoxy) is 1. The van der Waals surface area contributed by atoms with Crippen molar-refractivity contribution in [3.63, 3.8) is 0 Å². The molecule has 0 radical (unpaired) electrons. The molecule has 2 rings (SSSR count). The summed E-state index contributed by atoms with van der Waals surface area (Å²) >= 11 is 0. The monoisotopic (exact) mass is 245 g/mol. The third-order valence-corrected chi connectivity index (χ3v) is 3.10. The van der Waals surface area contributed by atoms with E-state index in [1.54, 1.807) is 7.11 Å². The van der Waals surface area contributed by atoms with Crippen molar-refractivity contribution in [1.82, 2.24) is 9.78 Å². The molecule has 0 aliphatic rings. The predicted molar refractivity (Wildman–Crippen MR) is 72.6 cm³/mol. The Labute approximate surface area is 107 Å². The molecule has 4 nitrogen and oxygen atoms in total. The molecule has 0 aliphatic heterocycles. The van der Waals surface area contributed by atoms with Crippen LogP contribution in [-0.4, -0.2) is 16.9 Å². The normalized spacial score (nSPS) is 10.7. The van der Waals surface area contributed by atoms with Crippen molar-refractivity contribution < 1.29 is 4.74 Å². The molecule has 1 aromatic heterocycles. The summed E-state index contributed by atoms with van der Waals surface area (Å²) in [5.41, 5.74) is 11.0. The van der Waals surface area contributed by atoms with E-state index in [0.29, 0.717) is 6.54 Å². The highest BCUT2D eigenvalue weighted by Crippen LogP contribution is 2.29. The van der Waals surface area contributed by atoms with Gasteiger partial charge in [0.25, 0.3) is 0 Å². The fourth-order valence-electron chi connectivity index (χ4n) is 2.32. The van der Waals surface area contributed by atoms with Gasteiger partial charge in [0.1, 0.15) is 5.75 Å². The van der Waals surface area contributed by atoms with E-state index in [4.69, 9.17) is 10.5 Å². The Hall–Kier alpha value is -1.81. The summed E-state index contributed by atoms with van der Waals surface area (Å²) in [7, 11) is 3.63. The van der Waals surface area contributed by atoms with E-state index in [-0.39, 0.29) is 0 Å². The number of aryl methyl sites for hydroxylation is 3. The Bertz CT molecular complexity index is 549. The van der Waals surface area contributed by atoms with Crippen LogP contribution in [0, 0.1) is 13.8 Å². The smallest absolute Gasteiger partial charge is 0.124 e. The summed E-state index contributed by atoms with van der Waals surface area (Å²) in [6, 6.07) is 6.26. The lowest BCUT2D eigenvalue weighted by Crippen LogP contribution is -1.99. The molecule has 0 bridgehead atoms. The van der Waals surface area contributed by atoms with Crippen molar-refractivity contribution in [1.29, 1.82) is 0 Å². The van der Waals surface area contributed by atoms with Crippen LogP contribution in [0.15, 0.2) is 18.2 Å². The van der Waals surface area contributed by atoms with Gasteiger partial charge in [-0.1, -0.05) is 0 Å². The number of nitrogens with zero attached hydrogens (tertiary/aromatic N) is 2. The van der Waals surface area contributed by atoms with Crippen LogP contribution in [-0.2, 0) is 13.6 Å². The van der Waals surface area contributed by atoms with Crippen LogP contribution in [0.4, 0.5) is 0 Å². The van der Waals surface area contributed by atoms with Crippen molar-refractivity contribution in [2.24, 2.45) is 12.8 Å². The zero-order valence-corrected chi connectivity index (χ0v) is 11.3. The van der Waals surface area contributed by atoms with Crippen LogP contribution in [0.5, 0.6) is 5.75 Å². The lowest BCUT2D eigenvalue weighted by molar-refractivity contribution is 0.408. The molecule has 1 aromatic carbocycles. The largest absolute Gasteiger partial charge is 0.496 e. The van der Waals surface area contributed by atoms with Gasteiger partial charge in [0.15, 0.2) is 0 Å². The molecule has 4 heteroatoms. The highest BCUT2D eigenvalue weighted by atomic mass is 16.5. The van der Waals surface area contributed by atoms with Crippen LogP contribution in [0.2, 0.25) is 0 Å². The first-order valence-corrected chi connectivity index (χ1v) is 5.95. The quantitative estimate of drug-likeness (QED) is 0.901. The van der Waals surface area contributed by atoms with Gasteiger partial charge in [-0.05, 0) is 43.2 Å². The fraction of sp³-hybridized carbons (Fsp3) is 0.357. The van der Waals surface area contributed by atoms with Gasteiger partial charge in [0.05, 0.1) is 18.5 Å². The average molecular weight is 245 g/mol. The molecular formula is C14H19N3O. The summed E-state index contributed by atoms with van der Waals surface area (Å²) in [5.74, 6) is 0.944. The molecule has 2 aromatic rings. The summed E-state index contributed by atoms with van der Waals surface area (Å²) in [4.78, 5) is 0. The van der Waals surface area contributed by atoms with E-state index >= 15 is 0 Å². The average Bonchev–Trinajstić information content (AvgIpc) is 2.70. The Morgan fingerprint density at radius 3 is 2.28 bits per heavy atom. The number of nitrogens with two attached hydrogens (primary N) is 1. The summed E-state index contributed by atoms with van der Waals surface area (Å²) in [6.45, 7) is 4.56. The molecule has 0 spiro atoms. The number of rotatable bonds is 3. The highest BCUT2D eigenvalue weighted by molar-refractivity contribution is 5.64. The highest BCUT2D eigenvalue weighted by Gasteiger charge is 2.10. The Balaban J connectivity index is 2.54. The van der Waals surface area contributed by atoms with Gasteiger partial charge in [-0.2, -0.15) is 5.10 Å². The van der Waals surface area contributed by atoms with Crippen LogP contribution < -0.4 is 10.5 Å². The topological polar surface area (TPSA) is 53.1 Å². The summed E-state index contributed by atoms with van der Waals surface area (Å²) in [5, 5.41) is 4.37. The van der Waals surface area contributed by atoms with E-state index in [2.05, 4.69) is 31.1 Å². The molecule has 18 heavy (non-hydrogen) atoms. The van der Waals surface area contributed by atoms with Gasteiger partial charge in [0.2, 0.25) is 0 Å². The van der Waals surface area contributed by atoms with Crippen molar-refractivity contribution >= 4 is 0 Å². The van der Waals surface area contributed by atoms with Crippen molar-refractivity contribution in [3.8, 4) is 17.0 Å². The van der Waals surface area contributed by atoms with Crippen LogP contribution in [0.25, 0.3) is 11.3 Å². The van der Waals surface area contributed by atoms with E-state index in [1.165, 1.54) is 0 Å². The molecule has 0 amide bonds. The second kappa shape index (κ2) is 4.82. The van der Waals surface area contributed by atoms with Gasteiger partial charge in [-0.3, -0.25) is 4.68 Å². The zero-order chi connectivity index (χ0) is 13.3. The van der Waals surface area contributed by atoms with E-state index < -0.39 is 0 Å². The SMILES string of the molecule is COc1c(C)cc(-c2cc(CN)nn2C)cc1C. The first kappa shape index (κ1) is 12.6. The van der Waals surface area contributed by atoms with Gasteiger partial charge < -0.3 is 10.5 Å². The molecular weight excluding hydrogens is 226 g/mol. The lowest BCUT2D eigenvalue weighted by Gasteiger charge is -2.11. The van der Waals surface area contributed by atoms with Crippen molar-refractivity contribution in [3.05, 3.63) is 35.0 Å². The molecule has 0 fully saturated rings. The number of methoxy groups -OCH3 is 1. The number of benzene rings is 1. The van der Waals surface area contributed by atoms with Gasteiger partial charge in [-0.15, -0.1) is 0 Å². The Morgan fingerprint density at radius 1 is 1.22 bits per heavy atom. The van der Waals surface area contributed by atoms with Crippen molar-refractivity contribution in [2.75, 3.05) is 7.11 Å². The molecule has 2 N–H and O–H groups in total. The van der Waals surface area contributed by atoms with E-state index in [9.17, 15) is 0 Å². The predicted octanol–water partition coefficient (Wildman–Crippen LogP) is 2.17. The number of hydrogen-bond acceptors (Lipinski definition) is 3. The minimum atomic E-state index is 0.460. The van der Waals surface area contributed by atoms with Gasteiger partial charge in [-0.25, -0.2) is 0 Å². The minimum absolute atomic E-state index is 0.460. The molecule has 1 heterocycles. The maximum absolute atomic E-state index is 5.62. The summed E-state index contributed by atoms with van der Waals surface area (Å²) < 4.78 is 7.24. The number of hydrogen-bond donors (Lipinski definition) is 1. The van der Waals surface area contributed by atoms with Crippen molar-refractivity contribution in [2.45, 2.75) is 20.4 Å². The standard InChI is InChI=1S/C14H19N3O/c1-9-5-11(6-10(2)14(9)18-4)13-7-12(8-15)16-17(13)3/h5-7H,8,15H2,1-4H3. The number of aromatic nitrogens is 2. The molecule has 0 saturated heterocycles. The fourth-order valence-corrected chi connectivity index (χ4v) is 2.32. The lowest BCUT2D eigenvalue weighted by atomic mass is 10.0. The molecule has 0 aliphatic carbocycles. The van der Waals surface area contributed by atoms with Gasteiger partial charge >= 0.3 is 0 Å². The third-order valence-electron chi connectivity index (χ3n) is 3.10. The maximum atomic E-state index is 5.62. The zero-order valence-electron chi connectivity index (χ0n) is 11.3. The molecule has 0 saturated carbocycles. The first-order chi connectivity index (χ1) is 8.56. The first-order valence-electron chi connectivity index (χ1n) is 5.95. The second-order valence-corrected chi connectivity index (χ2v) is 4.49. The van der Waals surface area contributed by atoms with Crippen LogP contribution in [0.1, 0.15) is 16.8 Å².